The van der Waals surface area contributed by atoms with Crippen LogP contribution in [0.15, 0.2) is 18.2 Å². The van der Waals surface area contributed by atoms with Gasteiger partial charge in [0.15, 0.2) is 0 Å². The maximum Gasteiger partial charge on any atom is 0.123 e. The van der Waals surface area contributed by atoms with Gasteiger partial charge in [-0.3, -0.25) is 0 Å². The SMILES string of the molecule is CCCCCOc1ccc(Cl)cc1CNC(C)C. The van der Waals surface area contributed by atoms with Crippen LogP contribution in [0.5, 0.6) is 5.75 Å². The van der Waals surface area contributed by atoms with Gasteiger partial charge in [-0.2, -0.15) is 0 Å². The van der Waals surface area contributed by atoms with Crippen molar-refractivity contribution < 1.29 is 4.74 Å². The van der Waals surface area contributed by atoms with Crippen LogP contribution < -0.4 is 10.1 Å². The number of halogens is 1. The van der Waals surface area contributed by atoms with Crippen LogP contribution in [0, 0.1) is 0 Å². The van der Waals surface area contributed by atoms with E-state index in [1.807, 2.05) is 18.2 Å². The summed E-state index contributed by atoms with van der Waals surface area (Å²) in [4.78, 5) is 0. The summed E-state index contributed by atoms with van der Waals surface area (Å²) in [6.07, 6.45) is 3.54. The number of benzene rings is 1. The molecule has 0 radical (unpaired) electrons. The van der Waals surface area contributed by atoms with E-state index < -0.39 is 0 Å². The van der Waals surface area contributed by atoms with Crippen molar-refractivity contribution >= 4 is 11.6 Å². The van der Waals surface area contributed by atoms with Crippen LogP contribution in [0.4, 0.5) is 0 Å². The van der Waals surface area contributed by atoms with Gasteiger partial charge in [-0.15, -0.1) is 0 Å². The largest absolute Gasteiger partial charge is 0.493 e. The summed E-state index contributed by atoms with van der Waals surface area (Å²) in [5, 5.41) is 4.15. The van der Waals surface area contributed by atoms with Gasteiger partial charge in [-0.05, 0) is 24.6 Å². The van der Waals surface area contributed by atoms with E-state index in [1.54, 1.807) is 0 Å². The quantitative estimate of drug-likeness (QED) is 0.706. The summed E-state index contributed by atoms with van der Waals surface area (Å²) in [7, 11) is 0. The Kier molecular flexibility index (Phi) is 7.14. The molecule has 0 bridgehead atoms. The van der Waals surface area contributed by atoms with E-state index in [-0.39, 0.29) is 0 Å². The molecule has 0 aliphatic heterocycles. The second kappa shape index (κ2) is 8.39. The Morgan fingerprint density at radius 2 is 2.06 bits per heavy atom. The first-order valence-corrected chi connectivity index (χ1v) is 7.16. The van der Waals surface area contributed by atoms with Crippen molar-refractivity contribution in [2.75, 3.05) is 6.61 Å². The zero-order valence-corrected chi connectivity index (χ0v) is 12.4. The molecule has 1 rings (SSSR count). The van der Waals surface area contributed by atoms with Crippen molar-refractivity contribution in [3.8, 4) is 5.75 Å². The fraction of sp³-hybridized carbons (Fsp3) is 0.600. The first kappa shape index (κ1) is 15.3. The summed E-state index contributed by atoms with van der Waals surface area (Å²) < 4.78 is 5.83. The van der Waals surface area contributed by atoms with E-state index in [9.17, 15) is 0 Å². The summed E-state index contributed by atoms with van der Waals surface area (Å²) in [6, 6.07) is 6.28. The molecular formula is C15H24ClNO. The van der Waals surface area contributed by atoms with Crippen molar-refractivity contribution in [2.45, 2.75) is 52.6 Å². The van der Waals surface area contributed by atoms with Crippen LogP contribution >= 0.6 is 11.6 Å². The van der Waals surface area contributed by atoms with Gasteiger partial charge in [0.05, 0.1) is 6.61 Å². The predicted octanol–water partition coefficient (Wildman–Crippen LogP) is 4.41. The van der Waals surface area contributed by atoms with E-state index in [4.69, 9.17) is 16.3 Å². The van der Waals surface area contributed by atoms with Gasteiger partial charge >= 0.3 is 0 Å². The Hall–Kier alpha value is -0.730. The number of rotatable bonds is 8. The molecule has 0 saturated heterocycles. The van der Waals surface area contributed by atoms with Crippen LogP contribution in [-0.4, -0.2) is 12.6 Å². The summed E-state index contributed by atoms with van der Waals surface area (Å²) in [6.45, 7) is 8.03. The maximum atomic E-state index is 6.03. The third-order valence-electron chi connectivity index (χ3n) is 2.73. The highest BCUT2D eigenvalue weighted by molar-refractivity contribution is 6.30. The molecule has 0 unspecified atom stereocenters. The molecule has 0 fully saturated rings. The first-order chi connectivity index (χ1) is 8.63. The van der Waals surface area contributed by atoms with Crippen molar-refractivity contribution in [3.05, 3.63) is 28.8 Å². The molecule has 0 amide bonds. The van der Waals surface area contributed by atoms with E-state index in [0.717, 1.165) is 35.9 Å². The third kappa shape index (κ3) is 5.74. The van der Waals surface area contributed by atoms with Crippen molar-refractivity contribution in [3.63, 3.8) is 0 Å². The van der Waals surface area contributed by atoms with Crippen molar-refractivity contribution in [2.24, 2.45) is 0 Å². The lowest BCUT2D eigenvalue weighted by Crippen LogP contribution is -2.22. The summed E-state index contributed by atoms with van der Waals surface area (Å²) in [5.74, 6) is 0.948. The van der Waals surface area contributed by atoms with Gasteiger partial charge in [0.1, 0.15) is 5.75 Å². The molecule has 0 atom stereocenters. The normalized spacial score (nSPS) is 10.9. The smallest absolute Gasteiger partial charge is 0.123 e. The van der Waals surface area contributed by atoms with Crippen LogP contribution in [0.25, 0.3) is 0 Å². The number of ether oxygens (including phenoxy) is 1. The van der Waals surface area contributed by atoms with Gasteiger partial charge in [0.2, 0.25) is 0 Å². The van der Waals surface area contributed by atoms with E-state index in [2.05, 4.69) is 26.1 Å². The molecule has 0 aliphatic carbocycles. The number of hydrogen-bond acceptors (Lipinski definition) is 2. The van der Waals surface area contributed by atoms with Gasteiger partial charge in [0.25, 0.3) is 0 Å². The minimum absolute atomic E-state index is 0.455. The standard InChI is InChI=1S/C15H24ClNO/c1-4-5-6-9-18-15-8-7-14(16)10-13(15)11-17-12(2)3/h7-8,10,12,17H,4-6,9,11H2,1-3H3. The Morgan fingerprint density at radius 1 is 1.28 bits per heavy atom. The van der Waals surface area contributed by atoms with Crippen LogP contribution in [0.2, 0.25) is 5.02 Å². The molecule has 1 aromatic rings. The average molecular weight is 270 g/mol. The molecule has 0 aromatic heterocycles. The highest BCUT2D eigenvalue weighted by atomic mass is 35.5. The zero-order valence-electron chi connectivity index (χ0n) is 11.6. The number of hydrogen-bond donors (Lipinski definition) is 1. The lowest BCUT2D eigenvalue weighted by molar-refractivity contribution is 0.302. The first-order valence-electron chi connectivity index (χ1n) is 6.78. The van der Waals surface area contributed by atoms with Crippen LogP contribution in [0.1, 0.15) is 45.6 Å². The minimum Gasteiger partial charge on any atom is -0.493 e. The van der Waals surface area contributed by atoms with Gasteiger partial charge in [-0.25, -0.2) is 0 Å². The van der Waals surface area contributed by atoms with Gasteiger partial charge in [0, 0.05) is 23.2 Å². The number of nitrogens with one attached hydrogen (secondary N) is 1. The minimum atomic E-state index is 0.455. The van der Waals surface area contributed by atoms with Crippen LogP contribution in [0.3, 0.4) is 0 Å². The van der Waals surface area contributed by atoms with Gasteiger partial charge < -0.3 is 10.1 Å². The van der Waals surface area contributed by atoms with Crippen molar-refractivity contribution in [1.82, 2.24) is 5.32 Å². The zero-order chi connectivity index (χ0) is 13.4. The molecule has 1 aromatic carbocycles. The fourth-order valence-electron chi connectivity index (χ4n) is 1.68. The second-order valence-electron chi connectivity index (χ2n) is 4.84. The highest BCUT2D eigenvalue weighted by Crippen LogP contribution is 2.23. The molecular weight excluding hydrogens is 246 g/mol. The Labute approximate surface area is 116 Å². The Balaban J connectivity index is 2.58. The molecule has 1 N–H and O–H groups in total. The summed E-state index contributed by atoms with van der Waals surface area (Å²) >= 11 is 6.03. The van der Waals surface area contributed by atoms with Crippen LogP contribution in [-0.2, 0) is 6.54 Å². The topological polar surface area (TPSA) is 21.3 Å². The molecule has 102 valence electrons. The highest BCUT2D eigenvalue weighted by Gasteiger charge is 2.05. The lowest BCUT2D eigenvalue weighted by atomic mass is 10.2. The molecule has 0 spiro atoms. The lowest BCUT2D eigenvalue weighted by Gasteiger charge is -2.14. The van der Waals surface area contributed by atoms with E-state index >= 15 is 0 Å². The molecule has 0 heterocycles. The van der Waals surface area contributed by atoms with Gasteiger partial charge in [-0.1, -0.05) is 45.2 Å². The van der Waals surface area contributed by atoms with E-state index in [0.29, 0.717) is 6.04 Å². The fourth-order valence-corrected chi connectivity index (χ4v) is 1.87. The molecule has 0 saturated carbocycles. The summed E-state index contributed by atoms with van der Waals surface area (Å²) in [5.41, 5.74) is 1.13. The van der Waals surface area contributed by atoms with Crippen molar-refractivity contribution in [1.29, 1.82) is 0 Å². The number of unbranched alkanes of at least 4 members (excludes halogenated alkanes) is 2. The average Bonchev–Trinajstić information content (AvgIpc) is 2.34. The second-order valence-corrected chi connectivity index (χ2v) is 5.28. The Morgan fingerprint density at radius 3 is 2.72 bits per heavy atom. The third-order valence-corrected chi connectivity index (χ3v) is 2.96. The van der Waals surface area contributed by atoms with E-state index in [1.165, 1.54) is 12.8 Å². The predicted molar refractivity (Wildman–Crippen MR) is 78.4 cm³/mol. The maximum absolute atomic E-state index is 6.03. The molecule has 3 heteroatoms. The molecule has 0 aliphatic rings. The molecule has 18 heavy (non-hydrogen) atoms. The monoisotopic (exact) mass is 269 g/mol. The molecule has 2 nitrogen and oxygen atoms in total. The Bertz CT molecular complexity index is 352.